The molecule has 0 atom stereocenters. The number of phenolic OH excluding ortho intramolecular Hbond substituents is 1. The SMILES string of the molecule is O=c1oc2cc(O)ccc2cc1-c1ccccc1I. The van der Waals surface area contributed by atoms with E-state index in [1.165, 1.54) is 6.07 Å². The molecule has 0 amide bonds. The zero-order chi connectivity index (χ0) is 13.4. The van der Waals surface area contributed by atoms with Crippen LogP contribution in [0.4, 0.5) is 0 Å². The third kappa shape index (κ3) is 2.23. The molecule has 3 aromatic rings. The van der Waals surface area contributed by atoms with Crippen molar-refractivity contribution in [1.29, 1.82) is 0 Å². The van der Waals surface area contributed by atoms with E-state index in [0.717, 1.165) is 14.5 Å². The van der Waals surface area contributed by atoms with Crippen molar-refractivity contribution in [2.75, 3.05) is 0 Å². The molecule has 94 valence electrons. The monoisotopic (exact) mass is 364 g/mol. The normalized spacial score (nSPS) is 10.8. The number of phenols is 1. The Bertz CT molecular complexity index is 821. The van der Waals surface area contributed by atoms with Gasteiger partial charge in [-0.3, -0.25) is 0 Å². The Morgan fingerprint density at radius 2 is 1.79 bits per heavy atom. The highest BCUT2D eigenvalue weighted by molar-refractivity contribution is 14.1. The summed E-state index contributed by atoms with van der Waals surface area (Å²) in [6.45, 7) is 0. The first-order chi connectivity index (χ1) is 9.15. The molecule has 2 aromatic carbocycles. The van der Waals surface area contributed by atoms with Crippen molar-refractivity contribution < 1.29 is 9.52 Å². The number of hydrogen-bond acceptors (Lipinski definition) is 3. The van der Waals surface area contributed by atoms with Gasteiger partial charge in [-0.1, -0.05) is 18.2 Å². The van der Waals surface area contributed by atoms with Gasteiger partial charge in [-0.25, -0.2) is 4.79 Å². The largest absolute Gasteiger partial charge is 0.508 e. The summed E-state index contributed by atoms with van der Waals surface area (Å²) in [7, 11) is 0. The Morgan fingerprint density at radius 3 is 2.58 bits per heavy atom. The topological polar surface area (TPSA) is 50.4 Å². The molecule has 0 aliphatic carbocycles. The van der Waals surface area contributed by atoms with Gasteiger partial charge < -0.3 is 9.52 Å². The van der Waals surface area contributed by atoms with Crippen LogP contribution in [0.15, 0.2) is 57.7 Å². The summed E-state index contributed by atoms with van der Waals surface area (Å²) < 4.78 is 6.26. The summed E-state index contributed by atoms with van der Waals surface area (Å²) >= 11 is 2.19. The van der Waals surface area contributed by atoms with Crippen molar-refractivity contribution in [3.8, 4) is 16.9 Å². The molecule has 0 spiro atoms. The second-order valence-electron chi connectivity index (χ2n) is 4.15. The molecular weight excluding hydrogens is 355 g/mol. The van der Waals surface area contributed by atoms with Crippen LogP contribution >= 0.6 is 22.6 Å². The van der Waals surface area contributed by atoms with Gasteiger partial charge in [0.15, 0.2) is 0 Å². The van der Waals surface area contributed by atoms with Crippen molar-refractivity contribution in [1.82, 2.24) is 0 Å². The lowest BCUT2D eigenvalue weighted by atomic mass is 10.1. The van der Waals surface area contributed by atoms with Gasteiger partial charge in [0.05, 0.1) is 5.56 Å². The van der Waals surface area contributed by atoms with Crippen molar-refractivity contribution in [3.05, 3.63) is 62.5 Å². The molecule has 0 aliphatic rings. The first kappa shape index (κ1) is 12.2. The molecular formula is C15H9IO3. The molecule has 3 nitrogen and oxygen atoms in total. The Balaban J connectivity index is 2.31. The zero-order valence-corrected chi connectivity index (χ0v) is 11.9. The van der Waals surface area contributed by atoms with Crippen LogP contribution in [0.5, 0.6) is 5.75 Å². The van der Waals surface area contributed by atoms with E-state index in [4.69, 9.17) is 4.42 Å². The number of fused-ring (bicyclic) bond motifs is 1. The second kappa shape index (κ2) is 4.70. The van der Waals surface area contributed by atoms with Gasteiger partial charge in [-0.2, -0.15) is 0 Å². The average Bonchev–Trinajstić information content (AvgIpc) is 2.39. The molecule has 0 unspecified atom stereocenters. The quantitative estimate of drug-likeness (QED) is 0.528. The highest BCUT2D eigenvalue weighted by Crippen LogP contribution is 2.26. The van der Waals surface area contributed by atoms with Gasteiger partial charge in [0, 0.05) is 20.6 Å². The van der Waals surface area contributed by atoms with Crippen LogP contribution < -0.4 is 5.63 Å². The fourth-order valence-electron chi connectivity index (χ4n) is 1.97. The second-order valence-corrected chi connectivity index (χ2v) is 5.31. The lowest BCUT2D eigenvalue weighted by Crippen LogP contribution is -2.03. The summed E-state index contributed by atoms with van der Waals surface area (Å²) in [4.78, 5) is 12.0. The van der Waals surface area contributed by atoms with E-state index in [-0.39, 0.29) is 5.75 Å². The summed E-state index contributed by atoms with van der Waals surface area (Å²) in [5.41, 5.74) is 1.37. The number of benzene rings is 2. The first-order valence-corrected chi connectivity index (χ1v) is 6.75. The maximum absolute atomic E-state index is 12.0. The summed E-state index contributed by atoms with van der Waals surface area (Å²) in [6.07, 6.45) is 0. The van der Waals surface area contributed by atoms with E-state index in [9.17, 15) is 9.90 Å². The fourth-order valence-corrected chi connectivity index (χ4v) is 2.65. The maximum atomic E-state index is 12.0. The summed E-state index contributed by atoms with van der Waals surface area (Å²) in [6, 6.07) is 14.2. The van der Waals surface area contributed by atoms with E-state index >= 15 is 0 Å². The van der Waals surface area contributed by atoms with Gasteiger partial charge in [0.25, 0.3) is 0 Å². The van der Waals surface area contributed by atoms with Crippen LogP contribution in [0.2, 0.25) is 0 Å². The van der Waals surface area contributed by atoms with Crippen molar-refractivity contribution in [3.63, 3.8) is 0 Å². The van der Waals surface area contributed by atoms with Crippen LogP contribution in [-0.4, -0.2) is 5.11 Å². The van der Waals surface area contributed by atoms with Crippen LogP contribution in [0.1, 0.15) is 0 Å². The van der Waals surface area contributed by atoms with Crippen molar-refractivity contribution in [2.24, 2.45) is 0 Å². The van der Waals surface area contributed by atoms with E-state index in [2.05, 4.69) is 22.6 Å². The molecule has 1 N–H and O–H groups in total. The number of aromatic hydroxyl groups is 1. The zero-order valence-electron chi connectivity index (χ0n) is 9.76. The fraction of sp³-hybridized carbons (Fsp3) is 0. The summed E-state index contributed by atoms with van der Waals surface area (Å²) in [5, 5.41) is 10.2. The van der Waals surface area contributed by atoms with Gasteiger partial charge in [0.1, 0.15) is 11.3 Å². The molecule has 0 saturated heterocycles. The van der Waals surface area contributed by atoms with Gasteiger partial charge in [-0.15, -0.1) is 0 Å². The standard InChI is InChI=1S/C15H9IO3/c16-13-4-2-1-3-11(13)12-7-9-5-6-10(17)8-14(9)19-15(12)18/h1-8,17H. The maximum Gasteiger partial charge on any atom is 0.344 e. The Labute approximate surface area is 122 Å². The Kier molecular flexibility index (Phi) is 3.02. The van der Waals surface area contributed by atoms with E-state index in [1.54, 1.807) is 18.2 Å². The predicted molar refractivity (Wildman–Crippen MR) is 82.3 cm³/mol. The molecule has 1 heterocycles. The number of hydrogen-bond donors (Lipinski definition) is 1. The minimum atomic E-state index is -0.401. The average molecular weight is 364 g/mol. The molecule has 4 heteroatoms. The smallest absolute Gasteiger partial charge is 0.344 e. The van der Waals surface area contributed by atoms with Gasteiger partial charge in [-0.05, 0) is 46.9 Å². The Morgan fingerprint density at radius 1 is 1.00 bits per heavy atom. The predicted octanol–water partition coefficient (Wildman–Crippen LogP) is 3.77. The van der Waals surface area contributed by atoms with Crippen molar-refractivity contribution in [2.45, 2.75) is 0 Å². The van der Waals surface area contributed by atoms with Crippen LogP contribution in [-0.2, 0) is 0 Å². The van der Waals surface area contributed by atoms with Gasteiger partial charge >= 0.3 is 5.63 Å². The van der Waals surface area contributed by atoms with Gasteiger partial charge in [0.2, 0.25) is 0 Å². The first-order valence-electron chi connectivity index (χ1n) is 5.67. The minimum Gasteiger partial charge on any atom is -0.508 e. The molecule has 19 heavy (non-hydrogen) atoms. The third-order valence-corrected chi connectivity index (χ3v) is 3.82. The van der Waals surface area contributed by atoms with E-state index in [1.807, 2.05) is 24.3 Å². The lowest BCUT2D eigenvalue weighted by molar-refractivity contribution is 0.473. The van der Waals surface area contributed by atoms with E-state index in [0.29, 0.717) is 11.1 Å². The molecule has 3 rings (SSSR count). The molecule has 0 saturated carbocycles. The summed E-state index contributed by atoms with van der Waals surface area (Å²) in [5.74, 6) is 0.0812. The number of halogens is 1. The Hall–Kier alpha value is -1.82. The molecule has 0 fully saturated rings. The molecule has 0 bridgehead atoms. The third-order valence-electron chi connectivity index (χ3n) is 2.88. The minimum absolute atomic E-state index is 0.0812. The highest BCUT2D eigenvalue weighted by Gasteiger charge is 2.10. The molecule has 1 aromatic heterocycles. The number of rotatable bonds is 1. The molecule has 0 aliphatic heterocycles. The van der Waals surface area contributed by atoms with Crippen LogP contribution in [0, 0.1) is 3.57 Å². The van der Waals surface area contributed by atoms with Crippen molar-refractivity contribution >= 4 is 33.6 Å². The van der Waals surface area contributed by atoms with E-state index < -0.39 is 5.63 Å². The van der Waals surface area contributed by atoms with Crippen LogP contribution in [0.3, 0.4) is 0 Å². The molecule has 0 radical (unpaired) electrons. The highest BCUT2D eigenvalue weighted by atomic mass is 127. The lowest BCUT2D eigenvalue weighted by Gasteiger charge is -2.04. The van der Waals surface area contributed by atoms with Crippen LogP contribution in [0.25, 0.3) is 22.1 Å².